The molecule has 1 N–H and O–H groups in total. The number of benzene rings is 1. The standard InChI is InChI=1S/C11H17NO.C2H3N/c1-3-11(13-2)9-12-10-7-5-4-6-8-10;1-2-3/h4-8,11-12H,3,9H2,1-2H3;1H3. The van der Waals surface area contributed by atoms with E-state index < -0.39 is 0 Å². The smallest absolute Gasteiger partial charge is 0.0740 e. The molecular weight excluding hydrogens is 200 g/mol. The topological polar surface area (TPSA) is 45.0 Å². The predicted molar refractivity (Wildman–Crippen MR) is 67.3 cm³/mol. The third kappa shape index (κ3) is 6.86. The van der Waals surface area contributed by atoms with E-state index in [1.54, 1.807) is 13.2 Å². The van der Waals surface area contributed by atoms with Crippen LogP contribution in [0.1, 0.15) is 20.3 Å². The summed E-state index contributed by atoms with van der Waals surface area (Å²) in [5, 5.41) is 10.6. The minimum atomic E-state index is 0.306. The fourth-order valence-electron chi connectivity index (χ4n) is 1.18. The van der Waals surface area contributed by atoms with Crippen LogP contribution in [0.25, 0.3) is 0 Å². The lowest BCUT2D eigenvalue weighted by atomic mass is 10.2. The van der Waals surface area contributed by atoms with Crippen LogP contribution in [0.4, 0.5) is 5.69 Å². The summed E-state index contributed by atoms with van der Waals surface area (Å²) in [4.78, 5) is 0. The molecule has 1 atom stereocenters. The van der Waals surface area contributed by atoms with Crippen LogP contribution in [0, 0.1) is 11.3 Å². The Kier molecular flexibility index (Phi) is 9.05. The van der Waals surface area contributed by atoms with Gasteiger partial charge in [0.2, 0.25) is 0 Å². The van der Waals surface area contributed by atoms with Gasteiger partial charge in [0.05, 0.1) is 12.2 Å². The van der Waals surface area contributed by atoms with Crippen molar-refractivity contribution < 1.29 is 4.74 Å². The number of nitrogens with one attached hydrogen (secondary N) is 1. The number of methoxy groups -OCH3 is 1. The molecule has 3 nitrogen and oxygen atoms in total. The molecule has 0 aliphatic carbocycles. The average Bonchev–Trinajstić information content (AvgIpc) is 2.33. The first kappa shape index (κ1) is 14.5. The molecule has 0 amide bonds. The number of para-hydroxylation sites is 1. The zero-order chi connectivity index (χ0) is 12.2. The minimum absolute atomic E-state index is 0.306. The Bertz CT molecular complexity index is 289. The molecule has 0 fully saturated rings. The minimum Gasteiger partial charge on any atom is -0.382 e. The number of hydrogen-bond donors (Lipinski definition) is 1. The van der Waals surface area contributed by atoms with Gasteiger partial charge >= 0.3 is 0 Å². The number of rotatable bonds is 5. The highest BCUT2D eigenvalue weighted by atomic mass is 16.5. The molecule has 1 unspecified atom stereocenters. The molecule has 16 heavy (non-hydrogen) atoms. The summed E-state index contributed by atoms with van der Waals surface area (Å²) in [5.74, 6) is 0. The van der Waals surface area contributed by atoms with E-state index in [1.165, 1.54) is 6.92 Å². The fourth-order valence-corrected chi connectivity index (χ4v) is 1.18. The lowest BCUT2D eigenvalue weighted by Crippen LogP contribution is -2.20. The predicted octanol–water partition coefficient (Wildman–Crippen LogP) is 3.05. The highest BCUT2D eigenvalue weighted by Crippen LogP contribution is 2.06. The molecular formula is C13H20N2O. The Morgan fingerprint density at radius 1 is 1.38 bits per heavy atom. The van der Waals surface area contributed by atoms with Crippen molar-refractivity contribution in [2.45, 2.75) is 26.4 Å². The highest BCUT2D eigenvalue weighted by molar-refractivity contribution is 5.42. The lowest BCUT2D eigenvalue weighted by molar-refractivity contribution is 0.110. The lowest BCUT2D eigenvalue weighted by Gasteiger charge is -2.14. The average molecular weight is 220 g/mol. The highest BCUT2D eigenvalue weighted by Gasteiger charge is 2.02. The third-order valence-electron chi connectivity index (χ3n) is 2.10. The first-order chi connectivity index (χ1) is 7.78. The van der Waals surface area contributed by atoms with Crippen LogP contribution in [0.3, 0.4) is 0 Å². The molecule has 0 spiro atoms. The normalized spacial score (nSPS) is 10.6. The van der Waals surface area contributed by atoms with E-state index in [2.05, 4.69) is 24.4 Å². The van der Waals surface area contributed by atoms with Gasteiger partial charge in [-0.05, 0) is 18.6 Å². The van der Waals surface area contributed by atoms with E-state index in [0.717, 1.165) is 18.7 Å². The van der Waals surface area contributed by atoms with E-state index in [-0.39, 0.29) is 0 Å². The molecule has 0 radical (unpaired) electrons. The molecule has 0 saturated carbocycles. The van der Waals surface area contributed by atoms with E-state index >= 15 is 0 Å². The van der Waals surface area contributed by atoms with Gasteiger partial charge < -0.3 is 10.1 Å². The molecule has 0 bridgehead atoms. The molecule has 0 aliphatic rings. The van der Waals surface area contributed by atoms with E-state index in [1.807, 2.05) is 18.2 Å². The molecule has 1 aromatic carbocycles. The molecule has 0 heterocycles. The second kappa shape index (κ2) is 10.0. The summed E-state index contributed by atoms with van der Waals surface area (Å²) in [6.45, 7) is 4.43. The molecule has 3 heteroatoms. The Morgan fingerprint density at radius 3 is 2.38 bits per heavy atom. The summed E-state index contributed by atoms with van der Waals surface area (Å²) in [6, 6.07) is 11.9. The van der Waals surface area contributed by atoms with Crippen LogP contribution in [-0.2, 0) is 4.74 Å². The van der Waals surface area contributed by atoms with Crippen molar-refractivity contribution in [3.63, 3.8) is 0 Å². The Hall–Kier alpha value is -1.53. The zero-order valence-corrected chi connectivity index (χ0v) is 10.2. The van der Waals surface area contributed by atoms with Gasteiger partial charge in [0.25, 0.3) is 0 Å². The van der Waals surface area contributed by atoms with E-state index in [9.17, 15) is 0 Å². The number of nitrogens with zero attached hydrogens (tertiary/aromatic N) is 1. The number of hydrogen-bond acceptors (Lipinski definition) is 3. The van der Waals surface area contributed by atoms with Crippen LogP contribution < -0.4 is 5.32 Å². The Labute approximate surface area is 98.0 Å². The van der Waals surface area contributed by atoms with Gasteiger partial charge in [-0.25, -0.2) is 0 Å². The second-order valence-corrected chi connectivity index (χ2v) is 3.24. The third-order valence-corrected chi connectivity index (χ3v) is 2.10. The van der Waals surface area contributed by atoms with Crippen molar-refractivity contribution in [3.05, 3.63) is 30.3 Å². The van der Waals surface area contributed by atoms with Gasteiger partial charge in [-0.2, -0.15) is 5.26 Å². The molecule has 0 saturated heterocycles. The first-order valence-electron chi connectivity index (χ1n) is 5.41. The van der Waals surface area contributed by atoms with Crippen LogP contribution in [-0.4, -0.2) is 19.8 Å². The van der Waals surface area contributed by atoms with Crippen LogP contribution in [0.5, 0.6) is 0 Å². The Balaban J connectivity index is 0.000000673. The summed E-state index contributed by atoms with van der Waals surface area (Å²) >= 11 is 0. The van der Waals surface area contributed by atoms with Crippen LogP contribution >= 0.6 is 0 Å². The van der Waals surface area contributed by atoms with Gasteiger partial charge in [0.15, 0.2) is 0 Å². The fraction of sp³-hybridized carbons (Fsp3) is 0.462. The van der Waals surface area contributed by atoms with Crippen molar-refractivity contribution >= 4 is 5.69 Å². The van der Waals surface area contributed by atoms with Crippen molar-refractivity contribution in [2.75, 3.05) is 19.0 Å². The van der Waals surface area contributed by atoms with E-state index in [4.69, 9.17) is 10.00 Å². The zero-order valence-electron chi connectivity index (χ0n) is 10.2. The monoisotopic (exact) mass is 220 g/mol. The first-order valence-corrected chi connectivity index (χ1v) is 5.41. The van der Waals surface area contributed by atoms with Gasteiger partial charge in [0, 0.05) is 26.3 Å². The maximum atomic E-state index is 7.32. The number of nitriles is 1. The quantitative estimate of drug-likeness (QED) is 0.829. The molecule has 0 aromatic heterocycles. The van der Waals surface area contributed by atoms with Crippen molar-refractivity contribution in [1.82, 2.24) is 0 Å². The molecule has 1 aromatic rings. The van der Waals surface area contributed by atoms with Crippen LogP contribution in [0.15, 0.2) is 30.3 Å². The second-order valence-electron chi connectivity index (χ2n) is 3.24. The van der Waals surface area contributed by atoms with E-state index in [0.29, 0.717) is 6.10 Å². The summed E-state index contributed by atoms with van der Waals surface area (Å²) in [5.41, 5.74) is 1.15. The van der Waals surface area contributed by atoms with Crippen molar-refractivity contribution in [3.8, 4) is 6.07 Å². The SMILES string of the molecule is CC#N.CCC(CNc1ccccc1)OC. The van der Waals surface area contributed by atoms with Gasteiger partial charge in [-0.15, -0.1) is 0 Å². The summed E-state index contributed by atoms with van der Waals surface area (Å²) < 4.78 is 5.26. The number of anilines is 1. The summed E-state index contributed by atoms with van der Waals surface area (Å²) in [7, 11) is 1.75. The Morgan fingerprint density at radius 2 is 1.94 bits per heavy atom. The molecule has 0 aliphatic heterocycles. The number of ether oxygens (including phenoxy) is 1. The van der Waals surface area contributed by atoms with Crippen molar-refractivity contribution in [2.24, 2.45) is 0 Å². The largest absolute Gasteiger partial charge is 0.382 e. The van der Waals surface area contributed by atoms with Crippen molar-refractivity contribution in [1.29, 1.82) is 5.26 Å². The van der Waals surface area contributed by atoms with Gasteiger partial charge in [0.1, 0.15) is 0 Å². The summed E-state index contributed by atoms with van der Waals surface area (Å²) in [6.07, 6.45) is 1.34. The van der Waals surface area contributed by atoms with Crippen LogP contribution in [0.2, 0.25) is 0 Å². The van der Waals surface area contributed by atoms with Gasteiger partial charge in [-0.3, -0.25) is 0 Å². The van der Waals surface area contributed by atoms with Gasteiger partial charge in [-0.1, -0.05) is 25.1 Å². The molecule has 88 valence electrons. The maximum absolute atomic E-state index is 7.32. The maximum Gasteiger partial charge on any atom is 0.0740 e. The molecule has 1 rings (SSSR count).